The Hall–Kier alpha value is -2.50. The number of rotatable bonds is 8. The molecule has 1 aromatic carbocycles. The van der Waals surface area contributed by atoms with Crippen molar-refractivity contribution in [3.05, 3.63) is 35.9 Å². The Bertz CT molecular complexity index is 1010. The zero-order valence-corrected chi connectivity index (χ0v) is 23.0. The van der Waals surface area contributed by atoms with Gasteiger partial charge in [-0.1, -0.05) is 71.9 Å². The van der Waals surface area contributed by atoms with E-state index >= 15 is 0 Å². The molecule has 2 aliphatic heterocycles. The first-order chi connectivity index (χ1) is 17.0. The number of carbonyl (C=O) groups excluding carboxylic acids is 4. The van der Waals surface area contributed by atoms with Gasteiger partial charge in [0.1, 0.15) is 0 Å². The van der Waals surface area contributed by atoms with Crippen LogP contribution >= 0.6 is 0 Å². The Kier molecular flexibility index (Phi) is 6.72. The molecule has 4 rings (SSSR count). The molecule has 4 amide bonds. The quantitative estimate of drug-likeness (QED) is 0.479. The third-order valence-electron chi connectivity index (χ3n) is 10.8. The highest BCUT2D eigenvalue weighted by Gasteiger charge is 2.66. The molecule has 196 valence electrons. The third-order valence-corrected chi connectivity index (χ3v) is 10.8. The summed E-state index contributed by atoms with van der Waals surface area (Å²) >= 11 is 0. The van der Waals surface area contributed by atoms with Gasteiger partial charge in [0.25, 0.3) is 0 Å². The van der Waals surface area contributed by atoms with Gasteiger partial charge in [-0.2, -0.15) is 0 Å². The fourth-order valence-corrected chi connectivity index (χ4v) is 8.60. The number of hydrogen-bond acceptors (Lipinski definition) is 4. The molecule has 1 saturated carbocycles. The zero-order valence-electron chi connectivity index (χ0n) is 23.0. The lowest BCUT2D eigenvalue weighted by Gasteiger charge is -2.60. The van der Waals surface area contributed by atoms with Gasteiger partial charge >= 0.3 is 0 Å². The number of imide groups is 2. The number of amides is 4. The molecular weight excluding hydrogens is 452 g/mol. The Morgan fingerprint density at radius 2 is 1.11 bits per heavy atom. The molecule has 0 aromatic heterocycles. The van der Waals surface area contributed by atoms with Gasteiger partial charge in [0.2, 0.25) is 23.6 Å². The van der Waals surface area contributed by atoms with Gasteiger partial charge < -0.3 is 0 Å². The van der Waals surface area contributed by atoms with Crippen LogP contribution in [-0.2, 0) is 24.6 Å². The van der Waals surface area contributed by atoms with Crippen LogP contribution in [0.15, 0.2) is 30.3 Å². The molecule has 6 nitrogen and oxygen atoms in total. The average Bonchev–Trinajstić information content (AvgIpc) is 3.25. The van der Waals surface area contributed by atoms with Crippen molar-refractivity contribution in [1.82, 2.24) is 9.80 Å². The molecule has 0 radical (unpaired) electrons. The van der Waals surface area contributed by atoms with Gasteiger partial charge in [0.05, 0.1) is 29.2 Å². The summed E-state index contributed by atoms with van der Waals surface area (Å²) in [5, 5.41) is 0. The Labute approximate surface area is 215 Å². The van der Waals surface area contributed by atoms with E-state index in [4.69, 9.17) is 0 Å². The summed E-state index contributed by atoms with van der Waals surface area (Å²) in [6.45, 7) is 13.1. The molecule has 2 heterocycles. The van der Waals surface area contributed by atoms with Crippen molar-refractivity contribution in [2.24, 2.45) is 29.1 Å². The maximum atomic E-state index is 14.2. The molecule has 4 unspecified atom stereocenters. The maximum absolute atomic E-state index is 14.2. The standard InChI is InChI=1S/C30H42N2O4/c1-8-29(9-2,19-15-13-12-14-16-19)28(5,6)30(10-3,11-4)32-26(35)22-17-20-21(18-23(22)27(32)36)25(34)31(7)24(20)33/h12-16,20-23H,8-11,17-18H2,1-7H3. The summed E-state index contributed by atoms with van der Waals surface area (Å²) in [5.41, 5.74) is -0.147. The Morgan fingerprint density at radius 1 is 0.694 bits per heavy atom. The van der Waals surface area contributed by atoms with Crippen LogP contribution in [0.1, 0.15) is 85.6 Å². The van der Waals surface area contributed by atoms with E-state index in [1.807, 2.05) is 6.07 Å². The fourth-order valence-electron chi connectivity index (χ4n) is 8.60. The van der Waals surface area contributed by atoms with Crippen LogP contribution in [0.5, 0.6) is 0 Å². The number of likely N-dealkylation sites (tertiary alicyclic amines) is 2. The first-order valence-corrected chi connectivity index (χ1v) is 13.7. The first-order valence-electron chi connectivity index (χ1n) is 13.7. The molecule has 3 aliphatic rings. The second-order valence-electron chi connectivity index (χ2n) is 11.7. The first kappa shape index (κ1) is 26.6. The Morgan fingerprint density at radius 3 is 1.50 bits per heavy atom. The van der Waals surface area contributed by atoms with Crippen LogP contribution in [0.2, 0.25) is 0 Å². The minimum Gasteiger partial charge on any atom is -0.285 e. The molecule has 4 atom stereocenters. The van der Waals surface area contributed by atoms with Crippen molar-refractivity contribution in [2.45, 2.75) is 91.0 Å². The van der Waals surface area contributed by atoms with Crippen LogP contribution in [0, 0.1) is 29.1 Å². The van der Waals surface area contributed by atoms with Crippen LogP contribution in [0.25, 0.3) is 0 Å². The predicted molar refractivity (Wildman–Crippen MR) is 139 cm³/mol. The number of benzene rings is 1. The fraction of sp³-hybridized carbons (Fsp3) is 0.667. The van der Waals surface area contributed by atoms with Crippen molar-refractivity contribution >= 4 is 23.6 Å². The SMILES string of the molecule is CCC(CC)(c1ccccc1)C(C)(C)C(CC)(CC)N1C(=O)C2CC3C(=O)N(C)C(=O)C3CC2C1=O. The molecule has 0 bridgehead atoms. The number of hydrogen-bond donors (Lipinski definition) is 0. The zero-order chi connectivity index (χ0) is 26.6. The molecule has 3 fully saturated rings. The minimum absolute atomic E-state index is 0.149. The predicted octanol–water partition coefficient (Wildman–Crippen LogP) is 4.96. The lowest BCUT2D eigenvalue weighted by atomic mass is 9.49. The second kappa shape index (κ2) is 9.11. The van der Waals surface area contributed by atoms with Crippen molar-refractivity contribution in [1.29, 1.82) is 0 Å². The van der Waals surface area contributed by atoms with Gasteiger partial charge in [0, 0.05) is 12.5 Å². The number of carbonyl (C=O) groups is 4. The molecule has 0 N–H and O–H groups in total. The van der Waals surface area contributed by atoms with E-state index in [1.54, 1.807) is 4.90 Å². The van der Waals surface area contributed by atoms with Crippen molar-refractivity contribution in [2.75, 3.05) is 7.05 Å². The van der Waals surface area contributed by atoms with Crippen molar-refractivity contribution < 1.29 is 19.2 Å². The third kappa shape index (κ3) is 3.21. The number of nitrogens with zero attached hydrogens (tertiary/aromatic N) is 2. The largest absolute Gasteiger partial charge is 0.285 e. The summed E-state index contributed by atoms with van der Waals surface area (Å²) in [4.78, 5) is 56.6. The monoisotopic (exact) mass is 494 g/mol. The number of fused-ring (bicyclic) bond motifs is 2. The lowest BCUT2D eigenvalue weighted by molar-refractivity contribution is -0.159. The normalized spacial score (nSPS) is 27.1. The van der Waals surface area contributed by atoms with E-state index in [0.717, 1.165) is 12.8 Å². The van der Waals surface area contributed by atoms with Gasteiger partial charge in [-0.3, -0.25) is 29.0 Å². The molecule has 36 heavy (non-hydrogen) atoms. The van der Waals surface area contributed by atoms with Crippen molar-refractivity contribution in [3.63, 3.8) is 0 Å². The Balaban J connectivity index is 1.80. The molecule has 1 aromatic rings. The molecule has 2 saturated heterocycles. The molecule has 0 spiro atoms. The average molecular weight is 495 g/mol. The van der Waals surface area contributed by atoms with Crippen LogP contribution in [0.4, 0.5) is 0 Å². The summed E-state index contributed by atoms with van der Waals surface area (Å²) in [6, 6.07) is 10.5. The van der Waals surface area contributed by atoms with E-state index in [0.29, 0.717) is 25.7 Å². The summed E-state index contributed by atoms with van der Waals surface area (Å²) < 4.78 is 0. The van der Waals surface area contributed by atoms with Crippen LogP contribution in [0.3, 0.4) is 0 Å². The van der Waals surface area contributed by atoms with E-state index < -0.39 is 34.6 Å². The van der Waals surface area contributed by atoms with Crippen LogP contribution < -0.4 is 0 Å². The van der Waals surface area contributed by atoms with E-state index in [-0.39, 0.29) is 29.0 Å². The summed E-state index contributed by atoms with van der Waals surface area (Å²) in [7, 11) is 1.51. The summed E-state index contributed by atoms with van der Waals surface area (Å²) in [5.74, 6) is -2.73. The highest BCUT2D eigenvalue weighted by molar-refractivity contribution is 6.09. The second-order valence-corrected chi connectivity index (χ2v) is 11.7. The maximum Gasteiger partial charge on any atom is 0.233 e. The molecule has 1 aliphatic carbocycles. The minimum atomic E-state index is -0.694. The van der Waals surface area contributed by atoms with Gasteiger partial charge in [-0.05, 0) is 49.5 Å². The smallest absolute Gasteiger partial charge is 0.233 e. The topological polar surface area (TPSA) is 74.8 Å². The van der Waals surface area contributed by atoms with E-state index in [1.165, 1.54) is 17.5 Å². The van der Waals surface area contributed by atoms with Gasteiger partial charge in [0.15, 0.2) is 0 Å². The summed E-state index contributed by atoms with van der Waals surface area (Å²) in [6.07, 6.45) is 3.64. The van der Waals surface area contributed by atoms with E-state index in [2.05, 4.69) is 65.8 Å². The highest BCUT2D eigenvalue weighted by atomic mass is 16.2. The van der Waals surface area contributed by atoms with Crippen LogP contribution in [-0.4, -0.2) is 46.0 Å². The highest BCUT2D eigenvalue weighted by Crippen LogP contribution is 2.59. The molecule has 6 heteroatoms. The molecular formula is C30H42N2O4. The van der Waals surface area contributed by atoms with E-state index in [9.17, 15) is 19.2 Å². The lowest BCUT2D eigenvalue weighted by Crippen LogP contribution is -2.66. The van der Waals surface area contributed by atoms with Gasteiger partial charge in [-0.15, -0.1) is 0 Å². The van der Waals surface area contributed by atoms with Crippen molar-refractivity contribution in [3.8, 4) is 0 Å². The van der Waals surface area contributed by atoms with Gasteiger partial charge in [-0.25, -0.2) is 0 Å².